The summed E-state index contributed by atoms with van der Waals surface area (Å²) in [4.78, 5) is 4.95. The Hall–Kier alpha value is -11.2. The zero-order valence-electron chi connectivity index (χ0n) is 52.9. The molecule has 2 aliphatic rings. The lowest BCUT2D eigenvalue weighted by molar-refractivity contribution is 0.590. The van der Waals surface area contributed by atoms with Crippen LogP contribution in [0.3, 0.4) is 0 Å². The minimum absolute atomic E-state index is 0.0303. The van der Waals surface area contributed by atoms with E-state index >= 15 is 0 Å². The lowest BCUT2D eigenvalue weighted by atomic mass is 9.70. The molecular formula is C89H66N2O2. The maximum Gasteiger partial charge on any atom is 0.145 e. The Kier molecular flexibility index (Phi) is 12.0. The van der Waals surface area contributed by atoms with Crippen LogP contribution < -0.4 is 9.80 Å². The first-order valence-corrected chi connectivity index (χ1v) is 32.5. The molecule has 0 fully saturated rings. The average molecular weight is 1200 g/mol. The van der Waals surface area contributed by atoms with Crippen molar-refractivity contribution in [2.45, 2.75) is 57.8 Å². The molecular weight excluding hydrogens is 1130 g/mol. The molecule has 2 aliphatic carbocycles. The number of para-hydroxylation sites is 2. The molecule has 0 aliphatic heterocycles. The summed E-state index contributed by atoms with van der Waals surface area (Å²) in [5.74, 6) is 0. The fourth-order valence-electron chi connectivity index (χ4n) is 15.8. The monoisotopic (exact) mass is 1190 g/mol. The van der Waals surface area contributed by atoms with Crippen molar-refractivity contribution in [3.63, 3.8) is 0 Å². The van der Waals surface area contributed by atoms with Gasteiger partial charge in [-0.05, 0) is 190 Å². The molecule has 0 amide bonds. The summed E-state index contributed by atoms with van der Waals surface area (Å²) in [6, 6.07) is 108. The van der Waals surface area contributed by atoms with Crippen LogP contribution in [0.1, 0.15) is 74.9 Å². The van der Waals surface area contributed by atoms with Crippen LogP contribution in [-0.2, 0) is 16.2 Å². The number of hydrogen-bond acceptors (Lipinski definition) is 4. The Labute approximate surface area is 541 Å². The first kappa shape index (κ1) is 54.7. The van der Waals surface area contributed by atoms with Crippen molar-refractivity contribution < 1.29 is 8.83 Å². The number of anilines is 6. The predicted octanol–water partition coefficient (Wildman–Crippen LogP) is 25.0. The molecule has 0 bridgehead atoms. The SMILES string of the molecule is CC(C)(C)c1ccc(N(c2ccc(-c3cccc4ccccc34)cc2)c2ccc3c(c2)C2(c4ccccc4-c4c2ccc2oc5ccccc5c42)c2cc(N(c4ccc(-c5cccc6ccccc56)cc4)c4ccc(C(C)(C)C)cc4)c4c(oc5ccccc54)c2-3)cc1. The summed E-state index contributed by atoms with van der Waals surface area (Å²) in [5.41, 5.74) is 25.5. The van der Waals surface area contributed by atoms with E-state index in [0.29, 0.717) is 0 Å². The Balaban J connectivity index is 0.926. The second-order valence-corrected chi connectivity index (χ2v) is 27.5. The van der Waals surface area contributed by atoms with Crippen molar-refractivity contribution in [3.05, 3.63) is 325 Å². The van der Waals surface area contributed by atoms with Crippen LogP contribution in [-0.4, -0.2) is 0 Å². The van der Waals surface area contributed by atoms with E-state index in [0.717, 1.165) is 94.7 Å². The Bertz CT molecular complexity index is 5690. The van der Waals surface area contributed by atoms with Gasteiger partial charge in [-0.2, -0.15) is 0 Å². The lowest BCUT2D eigenvalue weighted by Crippen LogP contribution is -2.26. The van der Waals surface area contributed by atoms with Crippen LogP contribution in [0.5, 0.6) is 0 Å². The minimum atomic E-state index is -0.860. The molecule has 18 rings (SSSR count). The zero-order valence-corrected chi connectivity index (χ0v) is 52.9. The number of furan rings is 2. The lowest BCUT2D eigenvalue weighted by Gasteiger charge is -2.33. The zero-order chi connectivity index (χ0) is 62.5. The Morgan fingerprint density at radius 1 is 0.290 bits per heavy atom. The third-order valence-electron chi connectivity index (χ3n) is 20.2. The van der Waals surface area contributed by atoms with Crippen molar-refractivity contribution in [1.82, 2.24) is 0 Å². The van der Waals surface area contributed by atoms with E-state index in [-0.39, 0.29) is 10.8 Å². The molecule has 0 saturated carbocycles. The van der Waals surface area contributed by atoms with Crippen LogP contribution in [0.4, 0.5) is 34.1 Å². The highest BCUT2D eigenvalue weighted by atomic mass is 16.3. The first-order valence-electron chi connectivity index (χ1n) is 32.5. The van der Waals surface area contributed by atoms with Gasteiger partial charge in [0.25, 0.3) is 0 Å². The highest BCUT2D eigenvalue weighted by Crippen LogP contribution is 2.67. The van der Waals surface area contributed by atoms with Crippen LogP contribution in [0.15, 0.2) is 300 Å². The highest BCUT2D eigenvalue weighted by Gasteiger charge is 2.54. The molecule has 444 valence electrons. The number of nitrogens with zero attached hydrogens (tertiary/aromatic N) is 2. The molecule has 4 heteroatoms. The maximum absolute atomic E-state index is 7.57. The predicted molar refractivity (Wildman–Crippen MR) is 390 cm³/mol. The molecule has 0 radical (unpaired) electrons. The van der Waals surface area contributed by atoms with E-state index in [1.165, 1.54) is 82.7 Å². The number of benzene rings is 14. The molecule has 14 aromatic carbocycles. The first-order chi connectivity index (χ1) is 45.4. The van der Waals surface area contributed by atoms with Crippen LogP contribution >= 0.6 is 0 Å². The standard InChI is InChI=1S/C89H66N2O2/c1-87(2,3)59-37-45-62(46-38-59)90(61-41-33-57(34-42-61)68-28-17-21-55-19-7-9-23-66(55)68)65-49-50-71-76(53-65)89(74-30-14-11-25-70(74)82-75(89)51-52-81-85(82)73-27-13-15-31-79(73)92-81)77-54-78(84-72-26-12-16-32-80(72)93-86(84)83(71)77)91(64-47-39-60(40-48-64)88(4,5)6)63-43-35-58(36-44-63)69-29-18-22-56-20-8-10-24-67(56)69/h7-54H,1-6H3. The topological polar surface area (TPSA) is 32.8 Å². The van der Waals surface area contributed by atoms with Gasteiger partial charge in [0.15, 0.2) is 0 Å². The number of fused-ring (bicyclic) bond motifs is 20. The van der Waals surface area contributed by atoms with Crippen molar-refractivity contribution in [2.24, 2.45) is 0 Å². The van der Waals surface area contributed by atoms with E-state index in [4.69, 9.17) is 8.83 Å². The largest absolute Gasteiger partial charge is 0.456 e. The molecule has 2 heterocycles. The van der Waals surface area contributed by atoms with Gasteiger partial charge >= 0.3 is 0 Å². The smallest absolute Gasteiger partial charge is 0.145 e. The highest BCUT2D eigenvalue weighted by molar-refractivity contribution is 6.22. The summed E-state index contributed by atoms with van der Waals surface area (Å²) in [6.07, 6.45) is 0. The van der Waals surface area contributed by atoms with Crippen molar-refractivity contribution in [1.29, 1.82) is 0 Å². The third-order valence-corrected chi connectivity index (χ3v) is 20.2. The fraction of sp³-hybridized carbons (Fsp3) is 0.101. The van der Waals surface area contributed by atoms with Gasteiger partial charge in [0.05, 0.1) is 16.5 Å². The van der Waals surface area contributed by atoms with Crippen LogP contribution in [0.2, 0.25) is 0 Å². The molecule has 93 heavy (non-hydrogen) atoms. The summed E-state index contributed by atoms with van der Waals surface area (Å²) in [5, 5.41) is 9.27. The van der Waals surface area contributed by atoms with Gasteiger partial charge in [0.2, 0.25) is 0 Å². The van der Waals surface area contributed by atoms with Gasteiger partial charge in [-0.15, -0.1) is 0 Å². The van der Waals surface area contributed by atoms with Gasteiger partial charge in [-0.25, -0.2) is 0 Å². The number of rotatable bonds is 8. The summed E-state index contributed by atoms with van der Waals surface area (Å²) in [6.45, 7) is 13.7. The fourth-order valence-corrected chi connectivity index (χ4v) is 15.8. The molecule has 1 unspecified atom stereocenters. The minimum Gasteiger partial charge on any atom is -0.456 e. The van der Waals surface area contributed by atoms with E-state index in [2.05, 4.69) is 343 Å². The van der Waals surface area contributed by atoms with Gasteiger partial charge in [0, 0.05) is 50.2 Å². The van der Waals surface area contributed by atoms with E-state index in [9.17, 15) is 0 Å². The summed E-state index contributed by atoms with van der Waals surface area (Å²) >= 11 is 0. The average Bonchev–Trinajstić information content (AvgIpc) is 1.49. The van der Waals surface area contributed by atoms with Gasteiger partial charge < -0.3 is 18.6 Å². The molecule has 1 spiro atoms. The quantitative estimate of drug-likeness (QED) is 0.152. The van der Waals surface area contributed by atoms with E-state index in [1.807, 2.05) is 0 Å². The van der Waals surface area contributed by atoms with Gasteiger partial charge in [-0.3, -0.25) is 0 Å². The van der Waals surface area contributed by atoms with Crippen LogP contribution in [0, 0.1) is 0 Å². The number of hydrogen-bond donors (Lipinski definition) is 0. The Morgan fingerprint density at radius 3 is 1.32 bits per heavy atom. The molecule has 16 aromatic rings. The summed E-state index contributed by atoms with van der Waals surface area (Å²) in [7, 11) is 0. The maximum atomic E-state index is 7.57. The van der Waals surface area contributed by atoms with E-state index in [1.54, 1.807) is 0 Å². The molecule has 2 aromatic heterocycles. The van der Waals surface area contributed by atoms with E-state index < -0.39 is 5.41 Å². The van der Waals surface area contributed by atoms with Crippen molar-refractivity contribution in [2.75, 3.05) is 9.80 Å². The molecule has 4 nitrogen and oxygen atoms in total. The third kappa shape index (κ3) is 8.30. The Morgan fingerprint density at radius 2 is 0.742 bits per heavy atom. The normalized spacial score (nSPS) is 14.2. The van der Waals surface area contributed by atoms with Crippen LogP contribution in [0.25, 0.3) is 110 Å². The van der Waals surface area contributed by atoms with Crippen molar-refractivity contribution >= 4 is 99.5 Å². The summed E-state index contributed by atoms with van der Waals surface area (Å²) < 4.78 is 14.4. The second kappa shape index (κ2) is 20.4. The molecule has 0 saturated heterocycles. The van der Waals surface area contributed by atoms with Crippen molar-refractivity contribution in [3.8, 4) is 44.5 Å². The molecule has 0 N–H and O–H groups in total. The molecule has 1 atom stereocenters. The van der Waals surface area contributed by atoms with Gasteiger partial charge in [0.1, 0.15) is 22.3 Å². The second-order valence-electron chi connectivity index (χ2n) is 27.5. The van der Waals surface area contributed by atoms with Gasteiger partial charge in [-0.1, -0.05) is 248 Å².